The first-order valence-corrected chi connectivity index (χ1v) is 9.45. The van der Waals surface area contributed by atoms with Gasteiger partial charge in [-0.15, -0.1) is 24.0 Å². The minimum atomic E-state index is -0.506. The summed E-state index contributed by atoms with van der Waals surface area (Å²) >= 11 is 0. The summed E-state index contributed by atoms with van der Waals surface area (Å²) in [6, 6.07) is 7.77. The number of ether oxygens (including phenoxy) is 1. The van der Waals surface area contributed by atoms with E-state index in [0.29, 0.717) is 0 Å². The molecule has 7 nitrogen and oxygen atoms in total. The van der Waals surface area contributed by atoms with E-state index in [4.69, 9.17) is 4.74 Å². The summed E-state index contributed by atoms with van der Waals surface area (Å²) < 4.78 is 5.25. The highest BCUT2D eigenvalue weighted by molar-refractivity contribution is 14.0. The van der Waals surface area contributed by atoms with Crippen molar-refractivity contribution < 1.29 is 9.53 Å². The Kier molecular flexibility index (Phi) is 12.8. The molecule has 0 aromatic heterocycles. The lowest BCUT2D eigenvalue weighted by Crippen LogP contribution is -2.41. The van der Waals surface area contributed by atoms with Crippen molar-refractivity contribution in [1.29, 1.82) is 0 Å². The molecule has 0 unspecified atom stereocenters. The molecule has 1 amide bonds. The Labute approximate surface area is 186 Å². The molecule has 160 valence electrons. The Bertz CT molecular complexity index is 600. The number of halogens is 1. The molecule has 0 aliphatic rings. The lowest BCUT2D eigenvalue weighted by Gasteiger charge is -2.19. The van der Waals surface area contributed by atoms with Crippen LogP contribution in [0.15, 0.2) is 29.3 Å². The number of guanidine groups is 1. The minimum absolute atomic E-state index is 0. The van der Waals surface area contributed by atoms with Gasteiger partial charge in [-0.2, -0.15) is 0 Å². The van der Waals surface area contributed by atoms with E-state index in [9.17, 15) is 4.79 Å². The molecule has 0 bridgehead atoms. The van der Waals surface area contributed by atoms with E-state index in [1.807, 2.05) is 45.0 Å². The Morgan fingerprint density at radius 3 is 2.29 bits per heavy atom. The van der Waals surface area contributed by atoms with Crippen LogP contribution in [0.3, 0.4) is 0 Å². The van der Waals surface area contributed by atoms with E-state index < -0.39 is 11.7 Å². The van der Waals surface area contributed by atoms with Crippen molar-refractivity contribution in [2.75, 3.05) is 45.6 Å². The third-order valence-electron chi connectivity index (χ3n) is 3.85. The number of rotatable bonds is 8. The van der Waals surface area contributed by atoms with Gasteiger partial charge >= 0.3 is 6.09 Å². The van der Waals surface area contributed by atoms with Gasteiger partial charge < -0.3 is 20.3 Å². The number of carbonyl (C=O) groups excluding carboxylic acids is 1. The highest BCUT2D eigenvalue weighted by Crippen LogP contribution is 2.13. The molecule has 0 saturated heterocycles. The first-order chi connectivity index (χ1) is 12.7. The van der Waals surface area contributed by atoms with Crippen LogP contribution in [-0.4, -0.2) is 62.8 Å². The number of hydrogen-bond acceptors (Lipinski definition) is 4. The van der Waals surface area contributed by atoms with E-state index in [2.05, 4.69) is 39.8 Å². The summed E-state index contributed by atoms with van der Waals surface area (Å²) in [5.74, 6) is 0.808. The summed E-state index contributed by atoms with van der Waals surface area (Å²) in [6.45, 7) is 11.3. The van der Waals surface area contributed by atoms with Crippen LogP contribution in [0.1, 0.15) is 33.3 Å². The van der Waals surface area contributed by atoms with Crippen LogP contribution >= 0.6 is 24.0 Å². The lowest BCUT2D eigenvalue weighted by molar-refractivity contribution is 0.0636. The van der Waals surface area contributed by atoms with Crippen LogP contribution < -0.4 is 16.0 Å². The molecule has 0 saturated carbocycles. The van der Waals surface area contributed by atoms with E-state index in [1.165, 1.54) is 5.56 Å². The van der Waals surface area contributed by atoms with Gasteiger partial charge in [-0.1, -0.05) is 19.1 Å². The molecular formula is C20H36IN5O2. The van der Waals surface area contributed by atoms with Crippen molar-refractivity contribution in [2.24, 2.45) is 4.99 Å². The van der Waals surface area contributed by atoms with Crippen molar-refractivity contribution in [1.82, 2.24) is 15.5 Å². The fourth-order valence-electron chi connectivity index (χ4n) is 2.25. The van der Waals surface area contributed by atoms with Gasteiger partial charge in [0.25, 0.3) is 0 Å². The molecular weight excluding hydrogens is 469 g/mol. The van der Waals surface area contributed by atoms with Crippen LogP contribution in [0.4, 0.5) is 10.5 Å². The summed E-state index contributed by atoms with van der Waals surface area (Å²) in [6.07, 6.45) is 0.419. The molecule has 0 heterocycles. The SMILES string of the molecule is CCN(C)CCNC(=NC)NCCc1ccc(NC(=O)OC(C)(C)C)cc1.I. The third-order valence-corrected chi connectivity index (χ3v) is 3.85. The van der Waals surface area contributed by atoms with Gasteiger partial charge in [0, 0.05) is 32.4 Å². The van der Waals surface area contributed by atoms with E-state index >= 15 is 0 Å². The predicted molar refractivity (Wildman–Crippen MR) is 128 cm³/mol. The second-order valence-corrected chi connectivity index (χ2v) is 7.40. The zero-order valence-electron chi connectivity index (χ0n) is 18.0. The van der Waals surface area contributed by atoms with Crippen LogP contribution in [0, 0.1) is 0 Å². The summed E-state index contributed by atoms with van der Waals surface area (Å²) in [5, 5.41) is 9.36. The largest absolute Gasteiger partial charge is 0.444 e. The number of aliphatic imine (C=N–C) groups is 1. The van der Waals surface area contributed by atoms with Gasteiger partial charge in [-0.25, -0.2) is 4.79 Å². The van der Waals surface area contributed by atoms with Gasteiger partial charge in [0.15, 0.2) is 5.96 Å². The number of likely N-dealkylation sites (N-methyl/N-ethyl adjacent to an activating group) is 1. The fourth-order valence-corrected chi connectivity index (χ4v) is 2.25. The van der Waals surface area contributed by atoms with Crippen molar-refractivity contribution in [3.8, 4) is 0 Å². The average molecular weight is 505 g/mol. The van der Waals surface area contributed by atoms with Gasteiger partial charge in [0.1, 0.15) is 5.60 Å². The molecule has 3 N–H and O–H groups in total. The lowest BCUT2D eigenvalue weighted by atomic mass is 10.1. The Morgan fingerprint density at radius 1 is 1.14 bits per heavy atom. The van der Waals surface area contributed by atoms with Crippen LogP contribution in [0.25, 0.3) is 0 Å². The Balaban J connectivity index is 0.00000729. The smallest absolute Gasteiger partial charge is 0.412 e. The monoisotopic (exact) mass is 505 g/mol. The molecule has 0 radical (unpaired) electrons. The van der Waals surface area contributed by atoms with Crippen molar-refractivity contribution >= 4 is 41.7 Å². The maximum Gasteiger partial charge on any atom is 0.412 e. The van der Waals surface area contributed by atoms with Crippen molar-refractivity contribution in [3.05, 3.63) is 29.8 Å². The minimum Gasteiger partial charge on any atom is -0.444 e. The summed E-state index contributed by atoms with van der Waals surface area (Å²) in [4.78, 5) is 18.2. The summed E-state index contributed by atoms with van der Waals surface area (Å²) in [5.41, 5.74) is 1.39. The molecule has 0 atom stereocenters. The molecule has 1 aromatic carbocycles. The maximum atomic E-state index is 11.8. The van der Waals surface area contributed by atoms with Gasteiger partial charge in [0.05, 0.1) is 0 Å². The number of amides is 1. The normalized spacial score (nSPS) is 11.6. The fraction of sp³-hybridized carbons (Fsp3) is 0.600. The number of hydrogen-bond donors (Lipinski definition) is 3. The summed E-state index contributed by atoms with van der Waals surface area (Å²) in [7, 11) is 3.87. The number of anilines is 1. The number of carbonyl (C=O) groups is 1. The molecule has 0 fully saturated rings. The number of nitrogens with zero attached hydrogens (tertiary/aromatic N) is 2. The van der Waals surface area contributed by atoms with E-state index in [1.54, 1.807) is 7.05 Å². The van der Waals surface area contributed by atoms with E-state index in [-0.39, 0.29) is 24.0 Å². The van der Waals surface area contributed by atoms with E-state index in [0.717, 1.165) is 44.2 Å². The number of nitrogens with one attached hydrogen (secondary N) is 3. The van der Waals surface area contributed by atoms with Gasteiger partial charge in [-0.05, 0) is 58.5 Å². The van der Waals surface area contributed by atoms with Gasteiger partial charge in [0.2, 0.25) is 0 Å². The number of benzene rings is 1. The standard InChI is InChI=1S/C20H35N5O2.HI/c1-7-25(6)15-14-23-18(21-5)22-13-12-16-8-10-17(11-9-16)24-19(26)27-20(2,3)4;/h8-11H,7,12-15H2,1-6H3,(H,24,26)(H2,21,22,23);1H. The zero-order chi connectivity index (χ0) is 20.3. The first kappa shape index (κ1) is 26.4. The Morgan fingerprint density at radius 2 is 1.75 bits per heavy atom. The predicted octanol–water partition coefficient (Wildman–Crippen LogP) is 3.31. The van der Waals surface area contributed by atoms with Crippen molar-refractivity contribution in [2.45, 2.75) is 39.7 Å². The molecule has 1 rings (SSSR count). The highest BCUT2D eigenvalue weighted by atomic mass is 127. The van der Waals surface area contributed by atoms with Crippen molar-refractivity contribution in [3.63, 3.8) is 0 Å². The third kappa shape index (κ3) is 12.0. The second-order valence-electron chi connectivity index (χ2n) is 7.40. The molecule has 1 aromatic rings. The van der Waals surface area contributed by atoms with Crippen LogP contribution in [0.2, 0.25) is 0 Å². The zero-order valence-corrected chi connectivity index (χ0v) is 20.3. The quantitative estimate of drug-likeness (QED) is 0.287. The molecule has 8 heteroatoms. The molecule has 28 heavy (non-hydrogen) atoms. The highest BCUT2D eigenvalue weighted by Gasteiger charge is 2.16. The maximum absolute atomic E-state index is 11.8. The second kappa shape index (κ2) is 13.6. The van der Waals surface area contributed by atoms with Crippen LogP contribution in [-0.2, 0) is 11.2 Å². The Hall–Kier alpha value is -1.55. The van der Waals surface area contributed by atoms with Crippen LogP contribution in [0.5, 0.6) is 0 Å². The van der Waals surface area contributed by atoms with Gasteiger partial charge in [-0.3, -0.25) is 10.3 Å². The molecule has 0 aliphatic heterocycles. The molecule has 0 spiro atoms. The molecule has 0 aliphatic carbocycles. The average Bonchev–Trinajstić information content (AvgIpc) is 2.60. The first-order valence-electron chi connectivity index (χ1n) is 9.45. The topological polar surface area (TPSA) is 78.0 Å².